The van der Waals surface area contributed by atoms with Crippen LogP contribution < -0.4 is 0 Å². The fraction of sp³-hybridized carbons (Fsp3) is 0.368. The van der Waals surface area contributed by atoms with Crippen LogP contribution in [-0.4, -0.2) is 43.8 Å². The first kappa shape index (κ1) is 17.6. The molecule has 26 heavy (non-hydrogen) atoms. The van der Waals surface area contributed by atoms with Crippen molar-refractivity contribution in [2.45, 2.75) is 19.6 Å². The van der Waals surface area contributed by atoms with E-state index < -0.39 is 0 Å². The molecule has 4 rings (SSSR count). The molecule has 1 fully saturated rings. The van der Waals surface area contributed by atoms with E-state index in [2.05, 4.69) is 21.6 Å². The molecule has 136 valence electrons. The van der Waals surface area contributed by atoms with E-state index in [0.29, 0.717) is 6.54 Å². The van der Waals surface area contributed by atoms with Gasteiger partial charge in [-0.05, 0) is 42.1 Å². The lowest BCUT2D eigenvalue weighted by atomic mass is 10.2. The molecule has 1 aliphatic rings. The van der Waals surface area contributed by atoms with Crippen molar-refractivity contribution >= 4 is 24.0 Å². The average Bonchev–Trinajstić information content (AvgIpc) is 3.20. The molecule has 3 aromatic rings. The molecule has 3 heterocycles. The second kappa shape index (κ2) is 8.24. The summed E-state index contributed by atoms with van der Waals surface area (Å²) < 4.78 is 10.4. The highest BCUT2D eigenvalue weighted by molar-refractivity contribution is 7.99. The molecule has 0 unspecified atom stereocenters. The molecule has 0 radical (unpaired) electrons. The van der Waals surface area contributed by atoms with E-state index >= 15 is 0 Å². The van der Waals surface area contributed by atoms with Crippen LogP contribution in [0, 0.1) is 4.77 Å². The van der Waals surface area contributed by atoms with Gasteiger partial charge in [0.15, 0.2) is 16.4 Å². The topological polar surface area (TPSA) is 39.1 Å². The number of hydrogen-bond acceptors (Lipinski definition) is 5. The highest BCUT2D eigenvalue weighted by Gasteiger charge is 2.17. The Balaban J connectivity index is 1.67. The fourth-order valence-electron chi connectivity index (χ4n) is 3.16. The molecule has 1 saturated heterocycles. The lowest BCUT2D eigenvalue weighted by Crippen LogP contribution is -2.29. The summed E-state index contributed by atoms with van der Waals surface area (Å²) in [5.41, 5.74) is 1.20. The molecule has 0 N–H and O–H groups in total. The van der Waals surface area contributed by atoms with Gasteiger partial charge in [-0.15, -0.1) is 5.10 Å². The van der Waals surface area contributed by atoms with Gasteiger partial charge in [-0.2, -0.15) is 11.8 Å². The molecule has 7 heteroatoms. The van der Waals surface area contributed by atoms with Crippen molar-refractivity contribution in [1.29, 1.82) is 0 Å². The number of nitrogens with zero attached hydrogens (tertiary/aromatic N) is 4. The summed E-state index contributed by atoms with van der Waals surface area (Å²) in [6.45, 7) is 3.59. The second-order valence-electron chi connectivity index (χ2n) is 6.38. The smallest absolute Gasteiger partial charge is 0.199 e. The Bertz CT molecular complexity index is 878. The molecule has 0 amide bonds. The predicted molar refractivity (Wildman–Crippen MR) is 108 cm³/mol. The van der Waals surface area contributed by atoms with Gasteiger partial charge in [0.1, 0.15) is 0 Å². The molecule has 0 atom stereocenters. The van der Waals surface area contributed by atoms with Crippen LogP contribution in [0.3, 0.4) is 0 Å². The van der Waals surface area contributed by atoms with Crippen molar-refractivity contribution in [3.63, 3.8) is 0 Å². The Morgan fingerprint density at radius 2 is 1.96 bits per heavy atom. The third kappa shape index (κ3) is 3.95. The molecule has 1 aliphatic heterocycles. The van der Waals surface area contributed by atoms with E-state index in [9.17, 15) is 0 Å². The summed E-state index contributed by atoms with van der Waals surface area (Å²) in [6.07, 6.45) is 2.89. The van der Waals surface area contributed by atoms with Crippen LogP contribution in [0.25, 0.3) is 11.6 Å². The van der Waals surface area contributed by atoms with Gasteiger partial charge in [-0.1, -0.05) is 30.3 Å². The number of rotatable bonds is 5. The molecule has 5 nitrogen and oxygen atoms in total. The Hall–Kier alpha value is -1.83. The second-order valence-corrected chi connectivity index (χ2v) is 7.97. The maximum absolute atomic E-state index is 5.78. The number of furan rings is 1. The van der Waals surface area contributed by atoms with Crippen LogP contribution in [0.4, 0.5) is 0 Å². The molecule has 2 aromatic heterocycles. The van der Waals surface area contributed by atoms with Gasteiger partial charge in [-0.25, -0.2) is 4.68 Å². The van der Waals surface area contributed by atoms with Gasteiger partial charge in [0.05, 0.1) is 19.5 Å². The minimum atomic E-state index is 0.686. The minimum Gasteiger partial charge on any atom is -0.461 e. The zero-order valence-electron chi connectivity index (χ0n) is 14.6. The van der Waals surface area contributed by atoms with Crippen LogP contribution >= 0.6 is 24.0 Å². The van der Waals surface area contributed by atoms with Crippen LogP contribution in [0.2, 0.25) is 0 Å². The lowest BCUT2D eigenvalue weighted by molar-refractivity contribution is 0.221. The number of thioether (sulfide) groups is 1. The highest BCUT2D eigenvalue weighted by atomic mass is 32.2. The van der Waals surface area contributed by atoms with Gasteiger partial charge in [0.25, 0.3) is 0 Å². The number of benzene rings is 1. The predicted octanol–water partition coefficient (Wildman–Crippen LogP) is 4.12. The molecule has 0 saturated carbocycles. The van der Waals surface area contributed by atoms with Gasteiger partial charge >= 0.3 is 0 Å². The summed E-state index contributed by atoms with van der Waals surface area (Å²) in [6, 6.07) is 14.2. The van der Waals surface area contributed by atoms with Gasteiger partial charge in [0, 0.05) is 18.8 Å². The molecular weight excluding hydrogens is 364 g/mol. The first-order valence-corrected chi connectivity index (χ1v) is 10.4. The average molecular weight is 387 g/mol. The molecule has 1 aromatic carbocycles. The summed E-state index contributed by atoms with van der Waals surface area (Å²) in [5.74, 6) is 3.94. The zero-order chi connectivity index (χ0) is 17.8. The Morgan fingerprint density at radius 3 is 2.77 bits per heavy atom. The van der Waals surface area contributed by atoms with Crippen molar-refractivity contribution in [3.8, 4) is 11.6 Å². The first-order chi connectivity index (χ1) is 12.8. The fourth-order valence-corrected chi connectivity index (χ4v) is 4.33. The number of aromatic nitrogens is 3. The maximum Gasteiger partial charge on any atom is 0.199 e. The normalized spacial score (nSPS) is 15.8. The first-order valence-electron chi connectivity index (χ1n) is 8.87. The van der Waals surface area contributed by atoms with E-state index in [-0.39, 0.29) is 0 Å². The van der Waals surface area contributed by atoms with Crippen molar-refractivity contribution in [3.05, 3.63) is 59.1 Å². The zero-order valence-corrected chi connectivity index (χ0v) is 16.2. The number of hydrogen-bond donors (Lipinski definition) is 0. The largest absolute Gasteiger partial charge is 0.461 e. The van der Waals surface area contributed by atoms with Crippen molar-refractivity contribution in [1.82, 2.24) is 19.2 Å². The lowest BCUT2D eigenvalue weighted by Gasteiger charge is -2.18. The van der Waals surface area contributed by atoms with Crippen LogP contribution in [-0.2, 0) is 13.2 Å². The van der Waals surface area contributed by atoms with Gasteiger partial charge < -0.3 is 4.42 Å². The van der Waals surface area contributed by atoms with Crippen LogP contribution in [0.1, 0.15) is 12.0 Å². The quantitative estimate of drug-likeness (QED) is 0.617. The SMILES string of the molecule is S=c1n(CN2CCCSCC2)nc(-c2ccco2)n1Cc1ccccc1. The van der Waals surface area contributed by atoms with Crippen molar-refractivity contribution in [2.75, 3.05) is 24.6 Å². The summed E-state index contributed by atoms with van der Waals surface area (Å²) in [7, 11) is 0. The van der Waals surface area contributed by atoms with E-state index in [1.54, 1.807) is 6.26 Å². The standard InChI is InChI=1S/C19H22N4OS2/c25-19-22(14-16-6-2-1-3-7-16)18(17-8-4-11-24-17)20-23(19)15-21-9-5-12-26-13-10-21/h1-4,6-8,11H,5,9-10,12-15H2. The third-order valence-electron chi connectivity index (χ3n) is 4.50. The van der Waals surface area contributed by atoms with E-state index in [1.807, 2.05) is 46.8 Å². The monoisotopic (exact) mass is 386 g/mol. The molecule has 0 spiro atoms. The third-order valence-corrected chi connectivity index (χ3v) is 5.98. The van der Waals surface area contributed by atoms with Crippen LogP contribution in [0.15, 0.2) is 53.1 Å². The summed E-state index contributed by atoms with van der Waals surface area (Å²) >= 11 is 7.80. The van der Waals surface area contributed by atoms with E-state index in [0.717, 1.165) is 36.1 Å². The maximum atomic E-state index is 5.78. The molecule has 0 aliphatic carbocycles. The Morgan fingerprint density at radius 1 is 1.08 bits per heavy atom. The minimum absolute atomic E-state index is 0.686. The van der Waals surface area contributed by atoms with Crippen molar-refractivity contribution < 1.29 is 4.42 Å². The molecule has 0 bridgehead atoms. The van der Waals surface area contributed by atoms with Gasteiger partial charge in [-0.3, -0.25) is 9.47 Å². The molecular formula is C19H22N4OS2. The van der Waals surface area contributed by atoms with Crippen LogP contribution in [0.5, 0.6) is 0 Å². The van der Waals surface area contributed by atoms with E-state index in [1.165, 1.54) is 23.5 Å². The van der Waals surface area contributed by atoms with Crippen molar-refractivity contribution in [2.24, 2.45) is 0 Å². The Kier molecular flexibility index (Phi) is 5.57. The summed E-state index contributed by atoms with van der Waals surface area (Å²) in [5, 5.41) is 4.81. The highest BCUT2D eigenvalue weighted by Crippen LogP contribution is 2.21. The Labute approximate surface area is 162 Å². The summed E-state index contributed by atoms with van der Waals surface area (Å²) in [4.78, 5) is 2.43. The van der Waals surface area contributed by atoms with E-state index in [4.69, 9.17) is 21.7 Å². The van der Waals surface area contributed by atoms with Gasteiger partial charge in [0.2, 0.25) is 0 Å².